The second-order valence-corrected chi connectivity index (χ2v) is 7.10. The maximum Gasteiger partial charge on any atom is 0.190 e. The van der Waals surface area contributed by atoms with E-state index in [0.717, 1.165) is 40.6 Å². The van der Waals surface area contributed by atoms with Crippen molar-refractivity contribution in [3.63, 3.8) is 0 Å². The monoisotopic (exact) mass is 407 g/mol. The highest BCUT2D eigenvalue weighted by Gasteiger charge is 2.18. The lowest BCUT2D eigenvalue weighted by molar-refractivity contribution is 0.402. The van der Waals surface area contributed by atoms with E-state index in [0.29, 0.717) is 5.56 Å². The molecular formula is C21H19F2N7. The molecule has 2 heterocycles. The number of hydrogen-bond donors (Lipinski definition) is 1. The summed E-state index contributed by atoms with van der Waals surface area (Å²) in [6, 6.07) is 12.9. The Hall–Kier alpha value is -3.72. The van der Waals surface area contributed by atoms with Gasteiger partial charge in [0, 0.05) is 24.4 Å². The minimum absolute atomic E-state index is 0.118. The zero-order valence-corrected chi connectivity index (χ0v) is 16.4. The minimum Gasteiger partial charge on any atom is -0.383 e. The van der Waals surface area contributed by atoms with Crippen molar-refractivity contribution in [3.8, 4) is 28.2 Å². The molecule has 4 aromatic rings. The summed E-state index contributed by atoms with van der Waals surface area (Å²) in [6.07, 6.45) is 1.65. The van der Waals surface area contributed by atoms with Crippen LogP contribution in [-0.4, -0.2) is 44.2 Å². The number of tetrazole rings is 1. The second-order valence-electron chi connectivity index (χ2n) is 7.10. The SMILES string of the molecule is CN(C)Cc1ccc(-c2cnc(N)c(-c3nnnn3-c3cc(F)ccc3F)c2)cc1. The first-order chi connectivity index (χ1) is 14.4. The molecule has 30 heavy (non-hydrogen) atoms. The average Bonchev–Trinajstić information content (AvgIpc) is 3.20. The van der Waals surface area contributed by atoms with Crippen LogP contribution in [0.3, 0.4) is 0 Å². The highest BCUT2D eigenvalue weighted by Crippen LogP contribution is 2.30. The normalized spacial score (nSPS) is 11.2. The number of rotatable bonds is 5. The number of nitrogen functional groups attached to an aromatic ring is 1. The number of pyridine rings is 1. The van der Waals surface area contributed by atoms with Gasteiger partial charge in [-0.25, -0.2) is 13.8 Å². The number of anilines is 1. The summed E-state index contributed by atoms with van der Waals surface area (Å²) in [6.45, 7) is 0.833. The third-order valence-corrected chi connectivity index (χ3v) is 4.55. The molecular weight excluding hydrogens is 388 g/mol. The van der Waals surface area contributed by atoms with Crippen molar-refractivity contribution in [2.45, 2.75) is 6.54 Å². The molecule has 4 rings (SSSR count). The van der Waals surface area contributed by atoms with Gasteiger partial charge in [-0.3, -0.25) is 0 Å². The van der Waals surface area contributed by atoms with E-state index in [1.165, 1.54) is 5.56 Å². The van der Waals surface area contributed by atoms with E-state index in [1.807, 2.05) is 38.4 Å². The summed E-state index contributed by atoms with van der Waals surface area (Å²) in [5, 5.41) is 11.4. The van der Waals surface area contributed by atoms with Gasteiger partial charge in [0.05, 0.1) is 5.56 Å². The molecule has 0 unspecified atom stereocenters. The molecule has 0 aliphatic heterocycles. The second kappa shape index (κ2) is 7.96. The molecule has 0 aliphatic rings. The van der Waals surface area contributed by atoms with Crippen LogP contribution in [0.4, 0.5) is 14.6 Å². The maximum atomic E-state index is 14.3. The van der Waals surface area contributed by atoms with Crippen molar-refractivity contribution in [1.82, 2.24) is 30.1 Å². The largest absolute Gasteiger partial charge is 0.383 e. The van der Waals surface area contributed by atoms with Crippen molar-refractivity contribution >= 4 is 5.82 Å². The Labute approximate surface area is 171 Å². The van der Waals surface area contributed by atoms with Crippen LogP contribution in [0, 0.1) is 11.6 Å². The van der Waals surface area contributed by atoms with E-state index in [-0.39, 0.29) is 17.3 Å². The fourth-order valence-electron chi connectivity index (χ4n) is 3.15. The Balaban J connectivity index is 1.75. The van der Waals surface area contributed by atoms with Crippen molar-refractivity contribution in [3.05, 3.63) is 71.9 Å². The zero-order chi connectivity index (χ0) is 21.3. The van der Waals surface area contributed by atoms with Crippen molar-refractivity contribution < 1.29 is 8.78 Å². The first-order valence-electron chi connectivity index (χ1n) is 9.16. The lowest BCUT2D eigenvalue weighted by Gasteiger charge is -2.11. The van der Waals surface area contributed by atoms with Gasteiger partial charge in [0.1, 0.15) is 23.1 Å². The van der Waals surface area contributed by atoms with Gasteiger partial charge in [-0.1, -0.05) is 24.3 Å². The van der Waals surface area contributed by atoms with Crippen LogP contribution in [-0.2, 0) is 6.54 Å². The molecule has 0 bridgehead atoms. The first-order valence-corrected chi connectivity index (χ1v) is 9.16. The predicted octanol–water partition coefficient (Wildman–Crippen LogP) is 3.31. The molecule has 0 saturated carbocycles. The zero-order valence-electron chi connectivity index (χ0n) is 16.4. The Morgan fingerprint density at radius 3 is 2.50 bits per heavy atom. The lowest BCUT2D eigenvalue weighted by atomic mass is 10.0. The van der Waals surface area contributed by atoms with Crippen LogP contribution in [0.15, 0.2) is 54.7 Å². The molecule has 7 nitrogen and oxygen atoms in total. The van der Waals surface area contributed by atoms with Crippen molar-refractivity contribution in [2.75, 3.05) is 19.8 Å². The smallest absolute Gasteiger partial charge is 0.190 e. The summed E-state index contributed by atoms with van der Waals surface area (Å²) in [4.78, 5) is 6.34. The van der Waals surface area contributed by atoms with Gasteiger partial charge in [0.2, 0.25) is 0 Å². The molecule has 0 aliphatic carbocycles. The van der Waals surface area contributed by atoms with E-state index in [2.05, 4.69) is 25.4 Å². The highest BCUT2D eigenvalue weighted by molar-refractivity contribution is 5.76. The molecule has 0 atom stereocenters. The Morgan fingerprint density at radius 1 is 1.00 bits per heavy atom. The molecule has 0 spiro atoms. The molecule has 0 fully saturated rings. The molecule has 9 heteroatoms. The number of hydrogen-bond acceptors (Lipinski definition) is 6. The van der Waals surface area contributed by atoms with Gasteiger partial charge >= 0.3 is 0 Å². The molecule has 0 radical (unpaired) electrons. The number of nitrogens with zero attached hydrogens (tertiary/aromatic N) is 6. The summed E-state index contributed by atoms with van der Waals surface area (Å²) >= 11 is 0. The van der Waals surface area contributed by atoms with E-state index in [4.69, 9.17) is 5.73 Å². The maximum absolute atomic E-state index is 14.3. The van der Waals surface area contributed by atoms with E-state index < -0.39 is 11.6 Å². The van der Waals surface area contributed by atoms with Crippen LogP contribution in [0.25, 0.3) is 28.2 Å². The summed E-state index contributed by atoms with van der Waals surface area (Å²) in [5.41, 5.74) is 9.26. The fraction of sp³-hybridized carbons (Fsp3) is 0.143. The Morgan fingerprint density at radius 2 is 1.77 bits per heavy atom. The van der Waals surface area contributed by atoms with Gasteiger partial charge in [-0.05, 0) is 53.8 Å². The van der Waals surface area contributed by atoms with Crippen LogP contribution >= 0.6 is 0 Å². The quantitative estimate of drug-likeness (QED) is 0.546. The fourth-order valence-corrected chi connectivity index (χ4v) is 3.15. The topological polar surface area (TPSA) is 85.8 Å². The molecule has 0 amide bonds. The number of nitrogens with two attached hydrogens (primary N) is 1. The number of halogens is 2. The molecule has 0 saturated heterocycles. The number of benzene rings is 2. The lowest BCUT2D eigenvalue weighted by Crippen LogP contribution is -2.10. The molecule has 2 aromatic heterocycles. The molecule has 2 aromatic carbocycles. The third-order valence-electron chi connectivity index (χ3n) is 4.55. The van der Waals surface area contributed by atoms with Crippen LogP contribution < -0.4 is 5.73 Å². The van der Waals surface area contributed by atoms with Crippen LogP contribution in [0.1, 0.15) is 5.56 Å². The van der Waals surface area contributed by atoms with E-state index >= 15 is 0 Å². The third kappa shape index (κ3) is 3.87. The van der Waals surface area contributed by atoms with E-state index in [1.54, 1.807) is 12.3 Å². The first kappa shape index (κ1) is 19.6. The van der Waals surface area contributed by atoms with Crippen LogP contribution in [0.5, 0.6) is 0 Å². The molecule has 152 valence electrons. The average molecular weight is 407 g/mol. The van der Waals surface area contributed by atoms with Gasteiger partial charge in [-0.2, -0.15) is 4.68 Å². The molecule has 2 N–H and O–H groups in total. The number of aromatic nitrogens is 5. The minimum atomic E-state index is -0.663. The standard InChI is InChI=1S/C21H19F2N7/c1-29(2)12-13-3-5-14(6-4-13)15-9-17(20(24)25-11-15)21-26-27-28-30(21)19-10-16(22)7-8-18(19)23/h3-11H,12H2,1-2H3,(H2,24,25). The van der Waals surface area contributed by atoms with Crippen LogP contribution in [0.2, 0.25) is 0 Å². The summed E-state index contributed by atoms with van der Waals surface area (Å²) in [5.74, 6) is -0.930. The Kier molecular flexibility index (Phi) is 5.20. The van der Waals surface area contributed by atoms with Crippen molar-refractivity contribution in [1.29, 1.82) is 0 Å². The van der Waals surface area contributed by atoms with Gasteiger partial charge < -0.3 is 10.6 Å². The van der Waals surface area contributed by atoms with E-state index in [9.17, 15) is 8.78 Å². The Bertz CT molecular complexity index is 1190. The van der Waals surface area contributed by atoms with Gasteiger partial charge in [0.25, 0.3) is 0 Å². The van der Waals surface area contributed by atoms with Gasteiger partial charge in [0.15, 0.2) is 5.82 Å². The summed E-state index contributed by atoms with van der Waals surface area (Å²) in [7, 11) is 4.02. The highest BCUT2D eigenvalue weighted by atomic mass is 19.1. The van der Waals surface area contributed by atoms with Crippen molar-refractivity contribution in [2.24, 2.45) is 0 Å². The predicted molar refractivity (Wildman–Crippen MR) is 110 cm³/mol. The van der Waals surface area contributed by atoms with Gasteiger partial charge in [-0.15, -0.1) is 5.10 Å². The summed E-state index contributed by atoms with van der Waals surface area (Å²) < 4.78 is 29.0.